The summed E-state index contributed by atoms with van der Waals surface area (Å²) in [5.74, 6) is -1.18. The number of nitrogens with two attached hydrogens (primary N) is 6. The van der Waals surface area contributed by atoms with Gasteiger partial charge in [-0.3, -0.25) is 33.9 Å². The minimum absolute atomic E-state index is 0.0129. The molecule has 5 atom stereocenters. The van der Waals surface area contributed by atoms with E-state index in [0.717, 1.165) is 11.1 Å². The van der Waals surface area contributed by atoms with E-state index < -0.39 is 68.9 Å². The van der Waals surface area contributed by atoms with Gasteiger partial charge >= 0.3 is 31.9 Å². The summed E-state index contributed by atoms with van der Waals surface area (Å²) >= 11 is 0. The lowest BCUT2D eigenvalue weighted by atomic mass is 10.0. The van der Waals surface area contributed by atoms with Gasteiger partial charge in [0.05, 0.1) is 25.4 Å². The third-order valence-electron chi connectivity index (χ3n) is 8.25. The molecule has 25 nitrogen and oxygen atoms in total. The van der Waals surface area contributed by atoms with E-state index in [9.17, 15) is 28.8 Å². The van der Waals surface area contributed by atoms with Gasteiger partial charge in [-0.2, -0.15) is 0 Å². The van der Waals surface area contributed by atoms with Gasteiger partial charge in [-0.15, -0.1) is 0 Å². The van der Waals surface area contributed by atoms with E-state index in [-0.39, 0.29) is 31.7 Å². The number of pyridine rings is 1. The van der Waals surface area contributed by atoms with Crippen LogP contribution in [0, 0.1) is 0 Å². The first-order chi connectivity index (χ1) is 27.3. The van der Waals surface area contributed by atoms with Crippen molar-refractivity contribution in [1.29, 1.82) is 0 Å². The predicted octanol–water partition coefficient (Wildman–Crippen LogP) is -1.83. The Morgan fingerprint density at radius 1 is 0.914 bits per heavy atom. The lowest BCUT2D eigenvalue weighted by Gasteiger charge is -2.31. The van der Waals surface area contributed by atoms with Gasteiger partial charge in [-0.1, -0.05) is 6.07 Å². The van der Waals surface area contributed by atoms with Crippen molar-refractivity contribution in [3.05, 3.63) is 36.5 Å². The highest BCUT2D eigenvalue weighted by molar-refractivity contribution is 7.46. The lowest BCUT2D eigenvalue weighted by Crippen LogP contribution is -2.45. The number of anilines is 2. The standard InChI is InChI=1S/C20H20N3O10P.2C6H14N4O2/c24-8-17-15-10-30-16-5-11(1-3-14(16)23(15)20(26)33-17)12-2-4-18(21-6-12)22-7-13(32-19(22)25)9-31-34(27,28)29;2*7-4(5(11)12)2-1-3-10-6(8)9/h1-6,13,15,17,24H,7-10H2,(H2,27,28,29);2*4H,1-3,7H2,(H,11,12)(H4,8,9,10)/t13?,15-,17-;;/m0../s1. The van der Waals surface area contributed by atoms with E-state index in [4.69, 9.17) is 68.6 Å². The number of rotatable bonds is 16. The molecule has 3 aliphatic heterocycles. The number of nitrogens with zero attached hydrogens (tertiary/aromatic N) is 5. The number of phosphoric acid groups is 1. The quantitative estimate of drug-likeness (QED) is 0.0383. The second kappa shape index (κ2) is 21.6. The first-order valence-corrected chi connectivity index (χ1v) is 18.9. The maximum Gasteiger partial charge on any atom is 0.469 e. The minimum Gasteiger partial charge on any atom is -0.489 e. The third-order valence-corrected chi connectivity index (χ3v) is 8.73. The number of aliphatic carboxylic acids is 2. The number of carbonyl (C=O) groups excluding carboxylic acids is 2. The lowest BCUT2D eigenvalue weighted by molar-refractivity contribution is -0.139. The summed E-state index contributed by atoms with van der Waals surface area (Å²) in [5, 5.41) is 26.2. The summed E-state index contributed by atoms with van der Waals surface area (Å²) in [4.78, 5) is 76.8. The number of carboxylic acids is 2. The van der Waals surface area contributed by atoms with Crippen molar-refractivity contribution in [2.45, 2.75) is 56.0 Å². The number of fused-ring (bicyclic) bond motifs is 3. The average molecular weight is 842 g/mol. The molecule has 4 heterocycles. The van der Waals surface area contributed by atoms with Crippen LogP contribution in [0.1, 0.15) is 25.7 Å². The summed E-state index contributed by atoms with van der Waals surface area (Å²) in [7, 11) is -4.67. The Balaban J connectivity index is 0.000000309. The molecule has 0 aliphatic carbocycles. The summed E-state index contributed by atoms with van der Waals surface area (Å²) in [6, 6.07) is 6.61. The molecular weight excluding hydrogens is 793 g/mol. The minimum atomic E-state index is -4.67. The molecule has 26 heteroatoms. The molecule has 0 spiro atoms. The zero-order chi connectivity index (χ0) is 43.2. The molecule has 17 N–H and O–H groups in total. The molecular formula is C32H48N11O14P. The number of guanidine groups is 2. The van der Waals surface area contributed by atoms with Gasteiger partial charge in [-0.05, 0) is 55.5 Å². The van der Waals surface area contributed by atoms with Crippen LogP contribution >= 0.6 is 7.82 Å². The molecule has 3 unspecified atom stereocenters. The Kier molecular flexibility index (Phi) is 17.4. The number of phosphoric ester groups is 1. The fourth-order valence-corrected chi connectivity index (χ4v) is 5.71. The highest BCUT2D eigenvalue weighted by atomic mass is 31.2. The van der Waals surface area contributed by atoms with Crippen molar-refractivity contribution in [2.75, 3.05) is 49.3 Å². The van der Waals surface area contributed by atoms with Gasteiger partial charge in [0.1, 0.15) is 42.4 Å². The number of carbonyl (C=O) groups is 4. The van der Waals surface area contributed by atoms with Crippen LogP contribution in [0.3, 0.4) is 0 Å². The largest absolute Gasteiger partial charge is 0.489 e. The Hall–Kier alpha value is -5.82. The topological polar surface area (TPSA) is 424 Å². The second-order valence-corrected chi connectivity index (χ2v) is 13.9. The molecule has 1 aromatic carbocycles. The fourth-order valence-electron chi connectivity index (χ4n) is 5.35. The Morgan fingerprint density at radius 3 is 2.00 bits per heavy atom. The molecule has 5 rings (SSSR count). The van der Waals surface area contributed by atoms with Crippen LogP contribution in [0.5, 0.6) is 5.75 Å². The van der Waals surface area contributed by atoms with Crippen molar-refractivity contribution < 1.29 is 67.6 Å². The molecule has 2 saturated heterocycles. The summed E-state index contributed by atoms with van der Waals surface area (Å²) in [6.07, 6.45) is 0.753. The number of amides is 2. The molecule has 58 heavy (non-hydrogen) atoms. The third kappa shape index (κ3) is 14.3. The van der Waals surface area contributed by atoms with Crippen LogP contribution < -0.4 is 48.9 Å². The van der Waals surface area contributed by atoms with E-state index in [2.05, 4.69) is 19.5 Å². The molecule has 2 aromatic rings. The van der Waals surface area contributed by atoms with Gasteiger partial charge in [0, 0.05) is 24.8 Å². The number of aliphatic hydroxyl groups is 1. The van der Waals surface area contributed by atoms with E-state index in [1.807, 2.05) is 0 Å². The summed E-state index contributed by atoms with van der Waals surface area (Å²) < 4.78 is 31.3. The number of carboxylic acid groups (broad SMARTS) is 2. The second-order valence-electron chi connectivity index (χ2n) is 12.6. The SMILES string of the molecule is NC(N)=NCCCC(N)C(=O)O.NC(N)=NCCCC(N)C(=O)O.O=C1OC(COP(=O)(O)O)CN1c1ccc(-c2ccc3c(c2)OC[C@H]2[C@H](CO)OC(=O)N32)cn1. The number of benzene rings is 1. The molecule has 0 bridgehead atoms. The van der Waals surface area contributed by atoms with E-state index in [1.54, 1.807) is 36.5 Å². The Bertz CT molecular complexity index is 1800. The Labute approximate surface area is 330 Å². The van der Waals surface area contributed by atoms with Crippen molar-refractivity contribution >= 4 is 55.4 Å². The first kappa shape index (κ1) is 46.6. The molecule has 0 radical (unpaired) electrons. The maximum absolute atomic E-state index is 12.2. The first-order valence-electron chi connectivity index (χ1n) is 17.4. The van der Waals surface area contributed by atoms with Crippen LogP contribution in [0.4, 0.5) is 21.1 Å². The van der Waals surface area contributed by atoms with Gasteiger partial charge in [0.15, 0.2) is 18.0 Å². The molecule has 1 aromatic heterocycles. The van der Waals surface area contributed by atoms with E-state index in [0.29, 0.717) is 56.0 Å². The number of cyclic esters (lactones) is 2. The number of aliphatic hydroxyl groups excluding tert-OH is 1. The van der Waals surface area contributed by atoms with Crippen molar-refractivity contribution in [3.8, 4) is 16.9 Å². The highest BCUT2D eigenvalue weighted by Gasteiger charge is 2.46. The number of hydrogen-bond acceptors (Lipinski definition) is 15. The number of hydrogen-bond donors (Lipinski definition) is 11. The van der Waals surface area contributed by atoms with E-state index in [1.165, 1.54) is 9.80 Å². The summed E-state index contributed by atoms with van der Waals surface area (Å²) in [5.41, 5.74) is 32.7. The van der Waals surface area contributed by atoms with Crippen LogP contribution in [-0.2, 0) is 28.2 Å². The van der Waals surface area contributed by atoms with Gasteiger partial charge in [-0.25, -0.2) is 19.1 Å². The smallest absolute Gasteiger partial charge is 0.469 e. The van der Waals surface area contributed by atoms with Gasteiger partial charge < -0.3 is 73.7 Å². The molecule has 2 amide bonds. The fraction of sp³-hybridized carbons (Fsp3) is 0.469. The number of aromatic nitrogens is 1. The monoisotopic (exact) mass is 841 g/mol. The van der Waals surface area contributed by atoms with Crippen molar-refractivity contribution in [3.63, 3.8) is 0 Å². The average Bonchev–Trinajstić information content (AvgIpc) is 3.72. The normalized spacial score (nSPS) is 18.9. The maximum atomic E-state index is 12.2. The molecule has 0 saturated carbocycles. The predicted molar refractivity (Wildman–Crippen MR) is 205 cm³/mol. The Morgan fingerprint density at radius 2 is 1.50 bits per heavy atom. The molecule has 3 aliphatic rings. The summed E-state index contributed by atoms with van der Waals surface area (Å²) in [6.45, 7) is 0.328. The van der Waals surface area contributed by atoms with Crippen LogP contribution in [0.25, 0.3) is 11.1 Å². The zero-order valence-corrected chi connectivity index (χ0v) is 31.9. The number of aliphatic imine (C=N–C) groups is 2. The van der Waals surface area contributed by atoms with Gasteiger partial charge in [0.2, 0.25) is 0 Å². The van der Waals surface area contributed by atoms with Gasteiger partial charge in [0.25, 0.3) is 0 Å². The van der Waals surface area contributed by atoms with Crippen LogP contribution in [-0.4, -0.2) is 136 Å². The van der Waals surface area contributed by atoms with E-state index >= 15 is 0 Å². The van der Waals surface area contributed by atoms with Crippen molar-refractivity contribution in [1.82, 2.24) is 4.98 Å². The molecule has 320 valence electrons. The van der Waals surface area contributed by atoms with Crippen LogP contribution in [0.15, 0.2) is 46.5 Å². The van der Waals surface area contributed by atoms with Crippen molar-refractivity contribution in [2.24, 2.45) is 44.4 Å². The number of ether oxygens (including phenoxy) is 3. The van der Waals surface area contributed by atoms with Crippen LogP contribution in [0.2, 0.25) is 0 Å². The zero-order valence-electron chi connectivity index (χ0n) is 31.0. The highest BCUT2D eigenvalue weighted by Crippen LogP contribution is 2.41. The molecule has 2 fully saturated rings.